The van der Waals surface area contributed by atoms with Gasteiger partial charge in [0.2, 0.25) is 0 Å². The Morgan fingerprint density at radius 1 is 1.15 bits per heavy atom. The van der Waals surface area contributed by atoms with Crippen molar-refractivity contribution in [3.05, 3.63) is 75.6 Å². The molecule has 1 N–H and O–H groups in total. The van der Waals surface area contributed by atoms with Gasteiger partial charge in [-0.2, -0.15) is 5.10 Å². The minimum atomic E-state index is -0.717. The molecular formula is C25H27N5O3. The van der Waals surface area contributed by atoms with Crippen LogP contribution in [0.15, 0.2) is 47.8 Å². The fraction of sp³-hybridized carbons (Fsp3) is 0.360. The zero-order valence-corrected chi connectivity index (χ0v) is 19.0. The second-order valence-electron chi connectivity index (χ2n) is 8.74. The third kappa shape index (κ3) is 3.96. The molecule has 0 amide bonds. The van der Waals surface area contributed by atoms with Crippen molar-refractivity contribution in [2.75, 3.05) is 13.2 Å². The van der Waals surface area contributed by atoms with Crippen LogP contribution in [0.5, 0.6) is 0 Å². The molecule has 1 saturated heterocycles. The molecule has 3 aromatic heterocycles. The lowest BCUT2D eigenvalue weighted by Gasteiger charge is -2.29. The quantitative estimate of drug-likeness (QED) is 0.519. The molecule has 0 bridgehead atoms. The van der Waals surface area contributed by atoms with Crippen LogP contribution in [0.1, 0.15) is 34.7 Å². The summed E-state index contributed by atoms with van der Waals surface area (Å²) in [5, 5.41) is 15.3. The van der Waals surface area contributed by atoms with E-state index in [1.165, 1.54) is 0 Å². The molecule has 0 spiro atoms. The zero-order chi connectivity index (χ0) is 23.1. The van der Waals surface area contributed by atoms with Gasteiger partial charge in [-0.15, -0.1) is 0 Å². The summed E-state index contributed by atoms with van der Waals surface area (Å²) in [6.07, 6.45) is 5.85. The molecule has 0 unspecified atom stereocenters. The van der Waals surface area contributed by atoms with Crippen LogP contribution in [-0.2, 0) is 18.2 Å². The number of hydrogen-bond donors (Lipinski definition) is 1. The smallest absolute Gasteiger partial charge is 0.261 e. The molecule has 1 fully saturated rings. The van der Waals surface area contributed by atoms with Crippen LogP contribution in [0.25, 0.3) is 22.3 Å². The van der Waals surface area contributed by atoms with E-state index in [-0.39, 0.29) is 18.2 Å². The first-order valence-corrected chi connectivity index (χ1v) is 11.1. The highest BCUT2D eigenvalue weighted by Gasteiger charge is 2.27. The second-order valence-corrected chi connectivity index (χ2v) is 8.74. The molecular weight excluding hydrogens is 418 g/mol. The topological polar surface area (TPSA) is 95.1 Å². The number of aryl methyl sites for hydroxylation is 2. The summed E-state index contributed by atoms with van der Waals surface area (Å²) in [5.74, 6) is 0. The highest BCUT2D eigenvalue weighted by atomic mass is 16.5. The summed E-state index contributed by atoms with van der Waals surface area (Å²) in [4.78, 5) is 22.6. The van der Waals surface area contributed by atoms with Gasteiger partial charge in [0.05, 0.1) is 41.7 Å². The van der Waals surface area contributed by atoms with Gasteiger partial charge in [0.1, 0.15) is 5.69 Å². The maximum absolute atomic E-state index is 13.4. The predicted octanol–water partition coefficient (Wildman–Crippen LogP) is 2.72. The van der Waals surface area contributed by atoms with Gasteiger partial charge < -0.3 is 9.84 Å². The molecule has 5 rings (SSSR count). The maximum atomic E-state index is 13.4. The Bertz CT molecular complexity index is 1370. The van der Waals surface area contributed by atoms with Crippen LogP contribution in [0.2, 0.25) is 0 Å². The van der Waals surface area contributed by atoms with E-state index in [0.717, 1.165) is 33.6 Å². The Kier molecular flexibility index (Phi) is 5.55. The summed E-state index contributed by atoms with van der Waals surface area (Å²) < 4.78 is 8.65. The van der Waals surface area contributed by atoms with E-state index < -0.39 is 6.10 Å². The van der Waals surface area contributed by atoms with E-state index in [2.05, 4.69) is 28.1 Å². The molecule has 1 aliphatic heterocycles. The fourth-order valence-corrected chi connectivity index (χ4v) is 4.52. The summed E-state index contributed by atoms with van der Waals surface area (Å²) in [6, 6.07) is 7.59. The number of nitrogens with zero attached hydrogens (tertiary/aromatic N) is 5. The summed E-state index contributed by atoms with van der Waals surface area (Å²) in [5.41, 5.74) is 6.49. The number of ether oxygens (including phenoxy) is 1. The summed E-state index contributed by atoms with van der Waals surface area (Å²) in [6.45, 7) is 4.82. The first-order valence-electron chi connectivity index (χ1n) is 11.1. The average Bonchev–Trinajstić information content (AvgIpc) is 3.25. The first-order chi connectivity index (χ1) is 15.9. The van der Waals surface area contributed by atoms with Crippen molar-refractivity contribution in [2.24, 2.45) is 7.05 Å². The number of rotatable bonds is 4. The Hall–Kier alpha value is -3.36. The fourth-order valence-electron chi connectivity index (χ4n) is 4.52. The normalized spacial score (nSPS) is 18.7. The Balaban J connectivity index is 1.51. The predicted molar refractivity (Wildman–Crippen MR) is 125 cm³/mol. The summed E-state index contributed by atoms with van der Waals surface area (Å²) in [7, 11) is 1.88. The van der Waals surface area contributed by atoms with E-state index in [0.29, 0.717) is 30.4 Å². The number of benzene rings is 1. The van der Waals surface area contributed by atoms with E-state index in [4.69, 9.17) is 4.74 Å². The molecule has 4 heterocycles. The lowest BCUT2D eigenvalue weighted by molar-refractivity contribution is -0.0395. The van der Waals surface area contributed by atoms with Crippen LogP contribution >= 0.6 is 0 Å². The van der Waals surface area contributed by atoms with E-state index >= 15 is 0 Å². The average molecular weight is 446 g/mol. The van der Waals surface area contributed by atoms with Gasteiger partial charge in [-0.05, 0) is 67.1 Å². The molecule has 0 radical (unpaired) electrons. The molecule has 2 atom stereocenters. The van der Waals surface area contributed by atoms with E-state index in [1.807, 2.05) is 44.6 Å². The van der Waals surface area contributed by atoms with Gasteiger partial charge in [-0.1, -0.05) is 6.07 Å². The van der Waals surface area contributed by atoms with Crippen molar-refractivity contribution in [3.8, 4) is 11.4 Å². The number of pyridine rings is 1. The van der Waals surface area contributed by atoms with Crippen molar-refractivity contribution in [1.82, 2.24) is 24.3 Å². The van der Waals surface area contributed by atoms with Crippen molar-refractivity contribution in [3.63, 3.8) is 0 Å². The van der Waals surface area contributed by atoms with Gasteiger partial charge in [0, 0.05) is 26.0 Å². The number of fused-ring (bicyclic) bond motifs is 1. The van der Waals surface area contributed by atoms with Crippen LogP contribution < -0.4 is 5.56 Å². The van der Waals surface area contributed by atoms with Crippen LogP contribution in [0, 0.1) is 13.8 Å². The van der Waals surface area contributed by atoms with E-state index in [1.54, 1.807) is 15.6 Å². The summed E-state index contributed by atoms with van der Waals surface area (Å²) >= 11 is 0. The second kappa shape index (κ2) is 8.53. The Morgan fingerprint density at radius 3 is 2.70 bits per heavy atom. The third-order valence-corrected chi connectivity index (χ3v) is 6.59. The van der Waals surface area contributed by atoms with Gasteiger partial charge in [0.25, 0.3) is 5.56 Å². The molecule has 8 heteroatoms. The molecule has 0 aliphatic carbocycles. The van der Waals surface area contributed by atoms with Crippen molar-refractivity contribution >= 4 is 10.9 Å². The monoisotopic (exact) mass is 445 g/mol. The number of aromatic nitrogens is 5. The van der Waals surface area contributed by atoms with Crippen LogP contribution in [0.3, 0.4) is 0 Å². The lowest BCUT2D eigenvalue weighted by Crippen LogP contribution is -2.39. The van der Waals surface area contributed by atoms with Crippen molar-refractivity contribution < 1.29 is 9.84 Å². The number of aliphatic hydroxyl groups excluding tert-OH is 1. The lowest BCUT2D eigenvalue weighted by atomic mass is 9.95. The highest BCUT2D eigenvalue weighted by molar-refractivity contribution is 5.83. The molecule has 33 heavy (non-hydrogen) atoms. The molecule has 170 valence electrons. The van der Waals surface area contributed by atoms with Gasteiger partial charge in [0.15, 0.2) is 0 Å². The van der Waals surface area contributed by atoms with Gasteiger partial charge in [-0.3, -0.25) is 19.0 Å². The van der Waals surface area contributed by atoms with Crippen molar-refractivity contribution in [1.29, 1.82) is 0 Å². The number of hydrogen-bond acceptors (Lipinski definition) is 6. The molecule has 1 aliphatic rings. The van der Waals surface area contributed by atoms with Gasteiger partial charge >= 0.3 is 0 Å². The molecule has 0 saturated carbocycles. The SMILES string of the molecule is Cc1c(Cc2ccc(-c3ccn(C)n3)nc2)cc2c(=O)n([C@H]3CCOC[C@@H]3O)cnc2c1C. The first kappa shape index (κ1) is 21.5. The molecule has 8 nitrogen and oxygen atoms in total. The van der Waals surface area contributed by atoms with Crippen LogP contribution in [-0.4, -0.2) is 48.7 Å². The van der Waals surface area contributed by atoms with Crippen molar-refractivity contribution in [2.45, 2.75) is 38.8 Å². The zero-order valence-electron chi connectivity index (χ0n) is 19.0. The standard InChI is InChI=1S/C25H27N5O3/c1-15-16(2)24-19(25(32)30(14-27-24)22-7-9-33-13-23(22)31)11-18(15)10-17-4-5-20(26-12-17)21-6-8-29(3)28-21/h4-6,8,11-12,14,22-23,31H,7,9-10,13H2,1-3H3/t22-,23-/m0/s1. The Labute approximate surface area is 191 Å². The molecule has 4 aromatic rings. The highest BCUT2D eigenvalue weighted by Crippen LogP contribution is 2.26. The largest absolute Gasteiger partial charge is 0.389 e. The maximum Gasteiger partial charge on any atom is 0.261 e. The minimum absolute atomic E-state index is 0.126. The minimum Gasteiger partial charge on any atom is -0.389 e. The Morgan fingerprint density at radius 2 is 2.00 bits per heavy atom. The van der Waals surface area contributed by atoms with Gasteiger partial charge in [-0.25, -0.2) is 4.98 Å². The number of aliphatic hydroxyl groups is 1. The van der Waals surface area contributed by atoms with E-state index in [9.17, 15) is 9.90 Å². The van der Waals surface area contributed by atoms with Crippen LogP contribution in [0.4, 0.5) is 0 Å². The molecule has 1 aromatic carbocycles. The third-order valence-electron chi connectivity index (χ3n) is 6.59.